The number of nitrogens with one attached hydrogen (secondary N) is 2. The summed E-state index contributed by atoms with van der Waals surface area (Å²) in [5.41, 5.74) is 0. The highest BCUT2D eigenvalue weighted by Gasteiger charge is 2.29. The molecule has 9 heteroatoms. The number of hydrogen-bond donors (Lipinski definition) is 3. The minimum Gasteiger partial charge on any atom is -0.480 e. The fourth-order valence-corrected chi connectivity index (χ4v) is 3.65. The van der Waals surface area contributed by atoms with Crippen molar-refractivity contribution in [3.05, 3.63) is 30.3 Å². The van der Waals surface area contributed by atoms with Gasteiger partial charge in [0.15, 0.2) is 9.84 Å². The number of carbonyl (C=O) groups excluding carboxylic acids is 2. The van der Waals surface area contributed by atoms with Crippen molar-refractivity contribution >= 4 is 27.6 Å². The zero-order chi connectivity index (χ0) is 19.9. The van der Waals surface area contributed by atoms with Gasteiger partial charge in [0.2, 0.25) is 11.8 Å². The summed E-state index contributed by atoms with van der Waals surface area (Å²) in [5.74, 6) is -3.12. The summed E-state index contributed by atoms with van der Waals surface area (Å²) >= 11 is 0. The first-order valence-corrected chi connectivity index (χ1v) is 9.78. The molecule has 2 atom stereocenters. The Balaban J connectivity index is 2.82. The van der Waals surface area contributed by atoms with Crippen LogP contribution in [0.3, 0.4) is 0 Å². The number of benzene rings is 1. The molecule has 0 bridgehead atoms. The zero-order valence-corrected chi connectivity index (χ0v) is 15.7. The largest absolute Gasteiger partial charge is 0.480 e. The van der Waals surface area contributed by atoms with Crippen molar-refractivity contribution in [2.75, 3.05) is 5.75 Å². The number of amides is 2. The van der Waals surface area contributed by atoms with Gasteiger partial charge in [-0.3, -0.25) is 9.59 Å². The highest BCUT2D eigenvalue weighted by atomic mass is 32.2. The van der Waals surface area contributed by atoms with E-state index in [9.17, 15) is 27.9 Å². The maximum Gasteiger partial charge on any atom is 0.326 e. The summed E-state index contributed by atoms with van der Waals surface area (Å²) in [6.07, 6.45) is -0.289. The van der Waals surface area contributed by atoms with E-state index in [1.54, 1.807) is 32.0 Å². The molecular formula is C17H24N2O6S. The van der Waals surface area contributed by atoms with Crippen molar-refractivity contribution in [1.82, 2.24) is 10.6 Å². The minimum atomic E-state index is -3.66. The van der Waals surface area contributed by atoms with Crippen molar-refractivity contribution in [2.24, 2.45) is 5.92 Å². The molecule has 144 valence electrons. The van der Waals surface area contributed by atoms with E-state index in [4.69, 9.17) is 0 Å². The minimum absolute atomic E-state index is 0.0915. The molecule has 1 aromatic carbocycles. The van der Waals surface area contributed by atoms with E-state index < -0.39 is 45.5 Å². The van der Waals surface area contributed by atoms with Gasteiger partial charge < -0.3 is 15.7 Å². The van der Waals surface area contributed by atoms with Crippen LogP contribution in [0.4, 0.5) is 0 Å². The van der Waals surface area contributed by atoms with Crippen LogP contribution in [0.1, 0.15) is 27.2 Å². The molecule has 0 aliphatic rings. The fraction of sp³-hybridized carbons (Fsp3) is 0.471. The molecule has 0 aliphatic carbocycles. The van der Waals surface area contributed by atoms with Crippen molar-refractivity contribution < 1.29 is 27.9 Å². The maximum absolute atomic E-state index is 12.3. The number of hydrogen-bond acceptors (Lipinski definition) is 5. The van der Waals surface area contributed by atoms with Gasteiger partial charge in [0.1, 0.15) is 12.1 Å². The van der Waals surface area contributed by atoms with Gasteiger partial charge in [0.25, 0.3) is 0 Å². The molecular weight excluding hydrogens is 360 g/mol. The third-order valence-corrected chi connectivity index (χ3v) is 5.46. The first kappa shape index (κ1) is 21.6. The molecule has 26 heavy (non-hydrogen) atoms. The standard InChI is InChI=1S/C17H24N2O6S/c1-11(2)15(18-12(3)20)16(21)19-14(17(22)23)9-10-26(24,25)13-7-5-4-6-8-13/h4-8,11,14-15H,9-10H2,1-3H3,(H,18,20)(H,19,21)(H,22,23)/t14-,15+/m0/s1. The second-order valence-electron chi connectivity index (χ2n) is 6.24. The summed E-state index contributed by atoms with van der Waals surface area (Å²) in [4.78, 5) is 35.0. The average Bonchev–Trinajstić information content (AvgIpc) is 2.56. The monoisotopic (exact) mass is 384 g/mol. The van der Waals surface area contributed by atoms with Crippen molar-refractivity contribution in [3.8, 4) is 0 Å². The van der Waals surface area contributed by atoms with Crippen LogP contribution in [0, 0.1) is 5.92 Å². The van der Waals surface area contributed by atoms with Crippen molar-refractivity contribution in [1.29, 1.82) is 0 Å². The van der Waals surface area contributed by atoms with Gasteiger partial charge in [-0.25, -0.2) is 13.2 Å². The smallest absolute Gasteiger partial charge is 0.326 e. The van der Waals surface area contributed by atoms with Crippen LogP contribution in [0.15, 0.2) is 35.2 Å². The second kappa shape index (κ2) is 9.33. The molecule has 3 N–H and O–H groups in total. The van der Waals surface area contributed by atoms with Gasteiger partial charge in [-0.15, -0.1) is 0 Å². The molecule has 0 unspecified atom stereocenters. The van der Waals surface area contributed by atoms with Gasteiger partial charge in [0, 0.05) is 6.92 Å². The van der Waals surface area contributed by atoms with Crippen molar-refractivity contribution in [2.45, 2.75) is 44.2 Å². The number of carboxylic acids is 1. The van der Waals surface area contributed by atoms with Crippen LogP contribution in [0.25, 0.3) is 0 Å². The van der Waals surface area contributed by atoms with E-state index >= 15 is 0 Å². The third-order valence-electron chi connectivity index (χ3n) is 3.70. The SMILES string of the molecule is CC(=O)N[C@@H](C(=O)N[C@@H](CCS(=O)(=O)c1ccccc1)C(=O)O)C(C)C. The molecule has 0 spiro atoms. The van der Waals surface area contributed by atoms with Crippen LogP contribution in [-0.4, -0.2) is 49.1 Å². The zero-order valence-electron chi connectivity index (χ0n) is 14.9. The van der Waals surface area contributed by atoms with Crippen LogP contribution in [0.2, 0.25) is 0 Å². The first-order chi connectivity index (χ1) is 12.0. The molecule has 0 aliphatic heterocycles. The number of carbonyl (C=O) groups is 3. The molecule has 0 heterocycles. The van der Waals surface area contributed by atoms with Gasteiger partial charge in [-0.2, -0.15) is 0 Å². The van der Waals surface area contributed by atoms with Crippen LogP contribution >= 0.6 is 0 Å². The van der Waals surface area contributed by atoms with E-state index in [-0.39, 0.29) is 17.2 Å². The van der Waals surface area contributed by atoms with E-state index in [0.29, 0.717) is 0 Å². The predicted octanol–water partition coefficient (Wildman–Crippen LogP) is 0.581. The Bertz CT molecular complexity index is 746. The van der Waals surface area contributed by atoms with Crippen LogP contribution in [0.5, 0.6) is 0 Å². The van der Waals surface area contributed by atoms with Gasteiger partial charge >= 0.3 is 5.97 Å². The lowest BCUT2D eigenvalue weighted by molar-refractivity contribution is -0.142. The third kappa shape index (κ3) is 6.47. The lowest BCUT2D eigenvalue weighted by atomic mass is 10.0. The van der Waals surface area contributed by atoms with Crippen LogP contribution in [-0.2, 0) is 24.2 Å². The fourth-order valence-electron chi connectivity index (χ4n) is 2.29. The average molecular weight is 384 g/mol. The summed E-state index contributed by atoms with van der Waals surface area (Å²) in [7, 11) is -3.66. The highest BCUT2D eigenvalue weighted by molar-refractivity contribution is 7.91. The molecule has 0 saturated carbocycles. The summed E-state index contributed by atoms with van der Waals surface area (Å²) < 4.78 is 24.5. The maximum atomic E-state index is 12.3. The summed E-state index contributed by atoms with van der Waals surface area (Å²) in [5, 5.41) is 14.1. The lowest BCUT2D eigenvalue weighted by Gasteiger charge is -2.23. The second-order valence-corrected chi connectivity index (χ2v) is 8.35. The highest BCUT2D eigenvalue weighted by Crippen LogP contribution is 2.12. The van der Waals surface area contributed by atoms with Gasteiger partial charge in [0.05, 0.1) is 10.6 Å². The Morgan fingerprint density at radius 1 is 1.08 bits per heavy atom. The number of sulfone groups is 1. The number of aliphatic carboxylic acids is 1. The van der Waals surface area contributed by atoms with Crippen molar-refractivity contribution in [3.63, 3.8) is 0 Å². The van der Waals surface area contributed by atoms with Crippen LogP contribution < -0.4 is 10.6 Å². The quantitative estimate of drug-likeness (QED) is 0.571. The molecule has 0 aromatic heterocycles. The normalized spacial score (nSPS) is 13.7. The summed E-state index contributed by atoms with van der Waals surface area (Å²) in [6, 6.07) is 5.39. The molecule has 2 amide bonds. The molecule has 0 saturated heterocycles. The summed E-state index contributed by atoms with van der Waals surface area (Å²) in [6.45, 7) is 4.66. The van der Waals surface area contributed by atoms with E-state index in [2.05, 4.69) is 10.6 Å². The molecule has 1 aromatic rings. The Labute approximate surface area is 152 Å². The van der Waals surface area contributed by atoms with E-state index in [1.165, 1.54) is 19.1 Å². The number of carboxylic acid groups (broad SMARTS) is 1. The lowest BCUT2D eigenvalue weighted by Crippen LogP contribution is -2.53. The first-order valence-electron chi connectivity index (χ1n) is 8.12. The Morgan fingerprint density at radius 3 is 2.12 bits per heavy atom. The van der Waals surface area contributed by atoms with Gasteiger partial charge in [-0.1, -0.05) is 32.0 Å². The topological polar surface area (TPSA) is 130 Å². The molecule has 0 radical (unpaired) electrons. The number of rotatable bonds is 9. The van der Waals surface area contributed by atoms with E-state index in [1.807, 2.05) is 0 Å². The van der Waals surface area contributed by atoms with E-state index in [0.717, 1.165) is 0 Å². The molecule has 1 rings (SSSR count). The Morgan fingerprint density at radius 2 is 1.65 bits per heavy atom. The molecule has 8 nitrogen and oxygen atoms in total. The predicted molar refractivity (Wildman–Crippen MR) is 95.1 cm³/mol. The Hall–Kier alpha value is -2.42. The van der Waals surface area contributed by atoms with Gasteiger partial charge in [-0.05, 0) is 24.5 Å². The Kier molecular flexibility index (Phi) is 7.76. The molecule has 0 fully saturated rings.